The Morgan fingerprint density at radius 2 is 2.05 bits per heavy atom. The monoisotopic (exact) mass is 274 g/mol. The van der Waals surface area contributed by atoms with Gasteiger partial charge in [0.1, 0.15) is 5.75 Å². The first kappa shape index (κ1) is 13.4. The molecule has 108 valence electrons. The molecule has 1 fully saturated rings. The second kappa shape index (κ2) is 4.77. The van der Waals surface area contributed by atoms with Crippen molar-refractivity contribution in [1.29, 1.82) is 0 Å². The zero-order valence-electron chi connectivity index (χ0n) is 12.3. The van der Waals surface area contributed by atoms with Crippen molar-refractivity contribution in [1.82, 2.24) is 0 Å². The minimum atomic E-state index is -0.393. The molecule has 1 aromatic rings. The number of hydrogen-bond acceptors (Lipinski definition) is 3. The first-order valence-corrected chi connectivity index (χ1v) is 7.32. The number of nitrogens with zero attached hydrogens (tertiary/aromatic N) is 1. The van der Waals surface area contributed by atoms with Crippen LogP contribution in [0.4, 0.5) is 5.69 Å². The molecule has 2 unspecified atom stereocenters. The summed E-state index contributed by atoms with van der Waals surface area (Å²) in [6.45, 7) is 4.00. The van der Waals surface area contributed by atoms with E-state index in [0.29, 0.717) is 5.92 Å². The largest absolute Gasteiger partial charge is 0.478 e. The van der Waals surface area contributed by atoms with Crippen LogP contribution in [-0.2, 0) is 4.79 Å². The van der Waals surface area contributed by atoms with Gasteiger partial charge in [0.05, 0.1) is 5.69 Å². The first-order chi connectivity index (χ1) is 9.49. The molecule has 0 bridgehead atoms. The minimum Gasteiger partial charge on any atom is -0.478 e. The van der Waals surface area contributed by atoms with Crippen molar-refractivity contribution in [2.75, 3.05) is 11.9 Å². The molecular formula is C16H22N2O2. The fourth-order valence-corrected chi connectivity index (χ4v) is 2.75. The molecule has 1 amide bonds. The van der Waals surface area contributed by atoms with E-state index >= 15 is 0 Å². The lowest BCUT2D eigenvalue weighted by Gasteiger charge is -2.34. The Morgan fingerprint density at radius 1 is 1.35 bits per heavy atom. The van der Waals surface area contributed by atoms with Crippen molar-refractivity contribution in [3.05, 3.63) is 23.8 Å². The van der Waals surface area contributed by atoms with Crippen LogP contribution in [0.5, 0.6) is 5.75 Å². The van der Waals surface area contributed by atoms with E-state index in [4.69, 9.17) is 10.5 Å². The summed E-state index contributed by atoms with van der Waals surface area (Å²) in [5, 5.41) is 0. The normalized spacial score (nSPS) is 23.6. The van der Waals surface area contributed by atoms with Crippen molar-refractivity contribution in [3.63, 3.8) is 0 Å². The summed E-state index contributed by atoms with van der Waals surface area (Å²) in [4.78, 5) is 14.0. The number of anilines is 1. The molecule has 1 heterocycles. The quantitative estimate of drug-likeness (QED) is 0.921. The summed E-state index contributed by atoms with van der Waals surface area (Å²) in [6, 6.07) is 6.06. The summed E-state index contributed by atoms with van der Waals surface area (Å²) in [6.07, 6.45) is 2.02. The van der Waals surface area contributed by atoms with E-state index in [1.807, 2.05) is 39.1 Å². The summed E-state index contributed by atoms with van der Waals surface area (Å²) in [7, 11) is 1.81. The van der Waals surface area contributed by atoms with Crippen molar-refractivity contribution >= 4 is 11.6 Å². The van der Waals surface area contributed by atoms with Gasteiger partial charge in [0, 0.05) is 13.1 Å². The SMILES string of the molecule is CC(C)C1Oc2ccc(C(N)C3CC3)cc2N(C)C1=O. The van der Waals surface area contributed by atoms with Crippen molar-refractivity contribution < 1.29 is 9.53 Å². The van der Waals surface area contributed by atoms with Gasteiger partial charge in [-0.2, -0.15) is 0 Å². The van der Waals surface area contributed by atoms with Gasteiger partial charge in [-0.05, 0) is 42.4 Å². The van der Waals surface area contributed by atoms with Crippen LogP contribution < -0.4 is 15.4 Å². The number of rotatable bonds is 3. The molecule has 0 aromatic heterocycles. The Morgan fingerprint density at radius 3 is 2.65 bits per heavy atom. The molecule has 0 saturated heterocycles. The number of fused-ring (bicyclic) bond motifs is 1. The van der Waals surface area contributed by atoms with Gasteiger partial charge in [-0.25, -0.2) is 0 Å². The maximum absolute atomic E-state index is 12.3. The third kappa shape index (κ3) is 2.18. The number of benzene rings is 1. The summed E-state index contributed by atoms with van der Waals surface area (Å²) in [5.41, 5.74) is 8.17. The van der Waals surface area contributed by atoms with Crippen LogP contribution in [0, 0.1) is 11.8 Å². The van der Waals surface area contributed by atoms with Crippen LogP contribution in [0.3, 0.4) is 0 Å². The molecule has 4 nitrogen and oxygen atoms in total. The van der Waals surface area contributed by atoms with Gasteiger partial charge >= 0.3 is 0 Å². The molecule has 1 aliphatic carbocycles. The van der Waals surface area contributed by atoms with Gasteiger partial charge in [0.25, 0.3) is 5.91 Å². The third-order valence-electron chi connectivity index (χ3n) is 4.29. The highest BCUT2D eigenvalue weighted by atomic mass is 16.5. The maximum Gasteiger partial charge on any atom is 0.268 e. The minimum absolute atomic E-state index is 0.0182. The smallest absolute Gasteiger partial charge is 0.268 e. The number of carbonyl (C=O) groups excluding carboxylic acids is 1. The van der Waals surface area contributed by atoms with E-state index in [1.165, 1.54) is 12.8 Å². The van der Waals surface area contributed by atoms with E-state index in [1.54, 1.807) is 4.90 Å². The Hall–Kier alpha value is -1.55. The predicted molar refractivity (Wildman–Crippen MR) is 78.8 cm³/mol. The number of nitrogens with two attached hydrogens (primary N) is 1. The molecule has 2 N–H and O–H groups in total. The number of carbonyl (C=O) groups is 1. The average Bonchev–Trinajstić information content (AvgIpc) is 3.25. The Bertz CT molecular complexity index is 537. The van der Waals surface area contributed by atoms with Gasteiger partial charge < -0.3 is 15.4 Å². The summed E-state index contributed by atoms with van der Waals surface area (Å²) >= 11 is 0. The lowest BCUT2D eigenvalue weighted by molar-refractivity contribution is -0.127. The molecule has 3 rings (SSSR count). The fraction of sp³-hybridized carbons (Fsp3) is 0.562. The number of likely N-dealkylation sites (N-methyl/N-ethyl adjacent to an activating group) is 1. The maximum atomic E-state index is 12.3. The number of amides is 1. The van der Waals surface area contributed by atoms with Crippen LogP contribution in [0.25, 0.3) is 0 Å². The topological polar surface area (TPSA) is 55.6 Å². The molecule has 20 heavy (non-hydrogen) atoms. The lowest BCUT2D eigenvalue weighted by atomic mass is 9.99. The van der Waals surface area contributed by atoms with E-state index in [0.717, 1.165) is 17.0 Å². The van der Waals surface area contributed by atoms with Gasteiger partial charge in [-0.3, -0.25) is 4.79 Å². The zero-order valence-corrected chi connectivity index (χ0v) is 12.3. The van der Waals surface area contributed by atoms with Crippen LogP contribution in [0.1, 0.15) is 38.3 Å². The summed E-state index contributed by atoms with van der Waals surface area (Å²) in [5.74, 6) is 1.55. The molecule has 0 spiro atoms. The molecule has 0 radical (unpaired) electrons. The van der Waals surface area contributed by atoms with E-state index in [-0.39, 0.29) is 17.9 Å². The molecule has 1 aromatic carbocycles. The highest BCUT2D eigenvalue weighted by molar-refractivity contribution is 5.99. The van der Waals surface area contributed by atoms with Gasteiger partial charge in [-0.15, -0.1) is 0 Å². The predicted octanol–water partition coefficient (Wildman–Crippen LogP) is 2.48. The molecule has 4 heteroatoms. The Kier molecular flexibility index (Phi) is 3.21. The highest BCUT2D eigenvalue weighted by Gasteiger charge is 2.35. The highest BCUT2D eigenvalue weighted by Crippen LogP contribution is 2.42. The van der Waals surface area contributed by atoms with E-state index < -0.39 is 6.10 Å². The molecule has 1 saturated carbocycles. The molecule has 2 atom stereocenters. The summed E-state index contributed by atoms with van der Waals surface area (Å²) < 4.78 is 5.85. The van der Waals surface area contributed by atoms with Gasteiger partial charge in [-0.1, -0.05) is 19.9 Å². The van der Waals surface area contributed by atoms with Crippen molar-refractivity contribution in [2.24, 2.45) is 17.6 Å². The second-order valence-corrected chi connectivity index (χ2v) is 6.27. The first-order valence-electron chi connectivity index (χ1n) is 7.32. The van der Waals surface area contributed by atoms with Crippen LogP contribution in [0.2, 0.25) is 0 Å². The average molecular weight is 274 g/mol. The van der Waals surface area contributed by atoms with Crippen molar-refractivity contribution in [3.8, 4) is 5.75 Å². The van der Waals surface area contributed by atoms with E-state index in [2.05, 4.69) is 0 Å². The molecule has 2 aliphatic rings. The number of ether oxygens (including phenoxy) is 1. The standard InChI is InChI=1S/C16H22N2O2/c1-9(2)15-16(19)18(3)12-8-11(6-7-13(12)20-15)14(17)10-4-5-10/h6-10,14-15H,4-5,17H2,1-3H3. The second-order valence-electron chi connectivity index (χ2n) is 6.27. The lowest BCUT2D eigenvalue weighted by Crippen LogP contribution is -2.46. The van der Waals surface area contributed by atoms with Crippen molar-refractivity contribution in [2.45, 2.75) is 38.8 Å². The molecule has 1 aliphatic heterocycles. The van der Waals surface area contributed by atoms with Crippen LogP contribution >= 0.6 is 0 Å². The Balaban J connectivity index is 1.93. The van der Waals surface area contributed by atoms with Crippen LogP contribution in [-0.4, -0.2) is 19.1 Å². The zero-order chi connectivity index (χ0) is 14.4. The number of hydrogen-bond donors (Lipinski definition) is 1. The Labute approximate surface area is 119 Å². The van der Waals surface area contributed by atoms with Gasteiger partial charge in [0.2, 0.25) is 0 Å². The fourth-order valence-electron chi connectivity index (χ4n) is 2.75. The molecular weight excluding hydrogens is 252 g/mol. The van der Waals surface area contributed by atoms with Crippen LogP contribution in [0.15, 0.2) is 18.2 Å². The van der Waals surface area contributed by atoms with Gasteiger partial charge in [0.15, 0.2) is 6.10 Å². The van der Waals surface area contributed by atoms with E-state index in [9.17, 15) is 4.79 Å². The third-order valence-corrected chi connectivity index (χ3v) is 4.29.